The molecule has 1 aromatic heterocycles. The van der Waals surface area contributed by atoms with E-state index in [0.717, 1.165) is 44.2 Å². The summed E-state index contributed by atoms with van der Waals surface area (Å²) in [4.78, 5) is 45.5. The Bertz CT molecular complexity index is 1980. The Hall–Kier alpha value is -5.61. The molecular formula is C38H37N5O5. The number of nitrogens with one attached hydrogen (secondary N) is 1. The molecule has 2 aliphatic heterocycles. The third-order valence-corrected chi connectivity index (χ3v) is 9.20. The lowest BCUT2D eigenvalue weighted by Gasteiger charge is -2.46. The van der Waals surface area contributed by atoms with Crippen LogP contribution in [0, 0.1) is 0 Å². The van der Waals surface area contributed by atoms with Crippen LogP contribution in [0.15, 0.2) is 114 Å². The average molecular weight is 644 g/mol. The number of benzene rings is 4. The maximum Gasteiger partial charge on any atom is 0.332 e. The van der Waals surface area contributed by atoms with Crippen LogP contribution in [0.5, 0.6) is 5.75 Å². The van der Waals surface area contributed by atoms with Gasteiger partial charge in [-0.05, 0) is 57.8 Å². The first kappa shape index (κ1) is 31.0. The smallest absolute Gasteiger partial charge is 0.332 e. The first-order valence-corrected chi connectivity index (χ1v) is 16.0. The summed E-state index contributed by atoms with van der Waals surface area (Å²) in [5.74, 6) is 0.402. The minimum Gasteiger partial charge on any atom is -0.497 e. The van der Waals surface area contributed by atoms with E-state index < -0.39 is 12.2 Å². The Morgan fingerprint density at radius 1 is 1.00 bits per heavy atom. The quantitative estimate of drug-likeness (QED) is 0.207. The van der Waals surface area contributed by atoms with Crippen molar-refractivity contribution >= 4 is 39.6 Å². The zero-order valence-corrected chi connectivity index (χ0v) is 26.7. The Morgan fingerprint density at radius 3 is 2.60 bits per heavy atom. The molecular weight excluding hydrogens is 606 g/mol. The van der Waals surface area contributed by atoms with Crippen molar-refractivity contribution in [2.24, 2.45) is 0 Å². The first-order chi connectivity index (χ1) is 23.4. The van der Waals surface area contributed by atoms with Crippen molar-refractivity contribution in [3.63, 3.8) is 0 Å². The number of nitrogens with zero attached hydrogens (tertiary/aromatic N) is 4. The van der Waals surface area contributed by atoms with Gasteiger partial charge in [0.1, 0.15) is 23.5 Å². The molecule has 0 spiro atoms. The van der Waals surface area contributed by atoms with Gasteiger partial charge in [-0.25, -0.2) is 4.79 Å². The molecule has 0 radical (unpaired) electrons. The van der Waals surface area contributed by atoms with Gasteiger partial charge in [0, 0.05) is 24.9 Å². The second-order valence-corrected chi connectivity index (χ2v) is 12.1. The molecule has 7 rings (SSSR count). The molecule has 4 aromatic carbocycles. The van der Waals surface area contributed by atoms with Gasteiger partial charge in [-0.2, -0.15) is 5.01 Å². The summed E-state index contributed by atoms with van der Waals surface area (Å²) >= 11 is 0. The molecule has 0 aliphatic carbocycles. The van der Waals surface area contributed by atoms with E-state index in [1.165, 1.54) is 5.01 Å². The second kappa shape index (κ2) is 13.2. The van der Waals surface area contributed by atoms with Gasteiger partial charge in [0.15, 0.2) is 0 Å². The minimum absolute atomic E-state index is 0.0406. The largest absolute Gasteiger partial charge is 0.497 e. The third kappa shape index (κ3) is 5.98. The van der Waals surface area contributed by atoms with Crippen molar-refractivity contribution in [3.8, 4) is 5.75 Å². The second-order valence-electron chi connectivity index (χ2n) is 12.1. The van der Waals surface area contributed by atoms with Gasteiger partial charge >= 0.3 is 6.03 Å². The summed E-state index contributed by atoms with van der Waals surface area (Å²) in [6.45, 7) is 4.93. The zero-order valence-electron chi connectivity index (χ0n) is 26.7. The summed E-state index contributed by atoms with van der Waals surface area (Å²) in [6.07, 6.45) is 3.05. The van der Waals surface area contributed by atoms with E-state index in [1.54, 1.807) is 29.4 Å². The summed E-state index contributed by atoms with van der Waals surface area (Å²) in [7, 11) is 1.61. The Morgan fingerprint density at radius 2 is 1.79 bits per heavy atom. The number of amides is 4. The van der Waals surface area contributed by atoms with Crippen LogP contribution in [0.25, 0.3) is 21.7 Å². The number of rotatable bonds is 10. The fourth-order valence-corrected chi connectivity index (χ4v) is 6.83. The predicted octanol–water partition coefficient (Wildman–Crippen LogP) is 5.33. The molecule has 48 heavy (non-hydrogen) atoms. The molecule has 0 unspecified atom stereocenters. The summed E-state index contributed by atoms with van der Waals surface area (Å²) in [6, 6.07) is 28.3. The molecule has 1 N–H and O–H groups in total. The van der Waals surface area contributed by atoms with Crippen molar-refractivity contribution < 1.29 is 23.5 Å². The molecule has 4 amide bonds. The van der Waals surface area contributed by atoms with Crippen molar-refractivity contribution in [3.05, 3.63) is 127 Å². The van der Waals surface area contributed by atoms with Crippen LogP contribution in [0.3, 0.4) is 0 Å². The van der Waals surface area contributed by atoms with E-state index in [0.29, 0.717) is 13.0 Å². The van der Waals surface area contributed by atoms with Crippen LogP contribution in [-0.4, -0.2) is 76.6 Å². The highest BCUT2D eigenvalue weighted by Crippen LogP contribution is 2.32. The maximum absolute atomic E-state index is 14.4. The molecule has 10 heteroatoms. The van der Waals surface area contributed by atoms with E-state index in [-0.39, 0.29) is 44.0 Å². The Kier molecular flexibility index (Phi) is 8.56. The molecule has 5 aromatic rings. The van der Waals surface area contributed by atoms with Crippen LogP contribution < -0.4 is 10.1 Å². The van der Waals surface area contributed by atoms with Gasteiger partial charge < -0.3 is 24.3 Å². The average Bonchev–Trinajstić information content (AvgIpc) is 3.71. The lowest BCUT2D eigenvalue weighted by molar-refractivity contribution is -0.157. The van der Waals surface area contributed by atoms with Crippen LogP contribution in [0.4, 0.5) is 4.79 Å². The molecule has 0 saturated carbocycles. The molecule has 2 atom stereocenters. The molecule has 0 bridgehead atoms. The molecule has 2 fully saturated rings. The predicted molar refractivity (Wildman–Crippen MR) is 183 cm³/mol. The number of hydrogen-bond donors (Lipinski definition) is 1. The van der Waals surface area contributed by atoms with Crippen molar-refractivity contribution in [2.45, 2.75) is 31.7 Å². The van der Waals surface area contributed by atoms with Crippen LogP contribution >= 0.6 is 0 Å². The van der Waals surface area contributed by atoms with Crippen molar-refractivity contribution in [2.75, 3.05) is 26.7 Å². The SMILES string of the molecule is C=CCN(C(=O)NCc1ccc(OC)cc1)N1CC(=O)N2[C@@H](Cc3ccc4occc4c3)C(=O)N(Cc3cccc4ccccc34)C[C@@H]21. The van der Waals surface area contributed by atoms with E-state index in [2.05, 4.69) is 30.1 Å². The van der Waals surface area contributed by atoms with E-state index in [9.17, 15) is 14.4 Å². The van der Waals surface area contributed by atoms with Crippen molar-refractivity contribution in [1.82, 2.24) is 25.1 Å². The number of methoxy groups -OCH3 is 1. The molecule has 2 saturated heterocycles. The molecule has 10 nitrogen and oxygen atoms in total. The number of carbonyl (C=O) groups excluding carboxylic acids is 3. The fraction of sp³-hybridized carbons (Fsp3) is 0.237. The van der Waals surface area contributed by atoms with E-state index >= 15 is 0 Å². The van der Waals surface area contributed by atoms with Gasteiger partial charge in [0.05, 0.1) is 33.0 Å². The van der Waals surface area contributed by atoms with Gasteiger partial charge in [-0.15, -0.1) is 6.58 Å². The number of carbonyl (C=O) groups is 3. The van der Waals surface area contributed by atoms with E-state index in [4.69, 9.17) is 9.15 Å². The van der Waals surface area contributed by atoms with Gasteiger partial charge in [0.25, 0.3) is 0 Å². The number of ether oxygens (including phenoxy) is 1. The van der Waals surface area contributed by atoms with Gasteiger partial charge in [0.2, 0.25) is 11.8 Å². The lowest BCUT2D eigenvalue weighted by Crippen LogP contribution is -2.66. The molecule has 244 valence electrons. The van der Waals surface area contributed by atoms with Crippen molar-refractivity contribution in [1.29, 1.82) is 0 Å². The third-order valence-electron chi connectivity index (χ3n) is 9.20. The minimum atomic E-state index is -0.756. The number of hydrogen-bond acceptors (Lipinski definition) is 6. The summed E-state index contributed by atoms with van der Waals surface area (Å²) in [5.41, 5.74) is 3.60. The molecule has 3 heterocycles. The summed E-state index contributed by atoms with van der Waals surface area (Å²) < 4.78 is 10.8. The normalized spacial score (nSPS) is 17.9. The first-order valence-electron chi connectivity index (χ1n) is 16.0. The Balaban J connectivity index is 1.20. The van der Waals surface area contributed by atoms with Gasteiger partial charge in [-0.3, -0.25) is 14.6 Å². The number of piperazine rings is 1. The van der Waals surface area contributed by atoms with Gasteiger partial charge in [-0.1, -0.05) is 66.7 Å². The van der Waals surface area contributed by atoms with Crippen LogP contribution in [0.2, 0.25) is 0 Å². The number of furan rings is 1. The number of fused-ring (bicyclic) bond motifs is 3. The zero-order chi connectivity index (χ0) is 33.2. The highest BCUT2D eigenvalue weighted by molar-refractivity contribution is 5.92. The number of hydrazine groups is 1. The topological polar surface area (TPSA) is 98.6 Å². The fourth-order valence-electron chi connectivity index (χ4n) is 6.83. The highest BCUT2D eigenvalue weighted by Gasteiger charge is 2.52. The Labute approximate surface area is 278 Å². The van der Waals surface area contributed by atoms with Crippen LogP contribution in [0.1, 0.15) is 16.7 Å². The lowest BCUT2D eigenvalue weighted by atomic mass is 9.98. The highest BCUT2D eigenvalue weighted by atomic mass is 16.5. The van der Waals surface area contributed by atoms with E-state index in [1.807, 2.05) is 77.7 Å². The van der Waals surface area contributed by atoms with Crippen LogP contribution in [-0.2, 0) is 29.1 Å². The number of urea groups is 1. The summed E-state index contributed by atoms with van der Waals surface area (Å²) in [5, 5.41) is 9.39. The molecule has 2 aliphatic rings. The standard InChI is InChI=1S/C38H37N5O5/c1-3-18-41(38(46)39-22-26-11-14-31(47-2)15-12-26)42-25-36(44)43-33(21-27-13-16-34-29(20-27)17-19-48-34)37(45)40(24-35(42)43)23-30-9-6-8-28-7-4-5-10-32(28)30/h3-17,19-20,33,35H,1,18,21-25H2,2H3,(H,39,46)/t33-,35+/m0/s1. The maximum atomic E-state index is 14.4. The monoisotopic (exact) mass is 643 g/mol.